The van der Waals surface area contributed by atoms with Gasteiger partial charge in [-0.05, 0) is 49.2 Å². The van der Waals surface area contributed by atoms with Crippen LogP contribution < -0.4 is 4.74 Å². The van der Waals surface area contributed by atoms with Crippen molar-refractivity contribution in [2.75, 3.05) is 12.9 Å². The number of furan rings is 1. The Morgan fingerprint density at radius 2 is 2.08 bits per heavy atom. The van der Waals surface area contributed by atoms with E-state index in [1.165, 1.54) is 11.8 Å². The number of hydrogen-bond donors (Lipinski definition) is 0. The van der Waals surface area contributed by atoms with Gasteiger partial charge in [0.15, 0.2) is 22.5 Å². The highest BCUT2D eigenvalue weighted by Crippen LogP contribution is 2.26. The maximum absolute atomic E-state index is 12.6. The molecule has 25 heavy (non-hydrogen) atoms. The summed E-state index contributed by atoms with van der Waals surface area (Å²) in [6.45, 7) is 3.84. The zero-order valence-corrected chi connectivity index (χ0v) is 15.4. The number of carbonyl (C=O) groups excluding carboxylic acids is 1. The molecule has 7 heteroatoms. The van der Waals surface area contributed by atoms with Crippen LogP contribution in [-0.2, 0) is 7.05 Å². The molecule has 3 rings (SSSR count). The molecule has 0 saturated heterocycles. The van der Waals surface area contributed by atoms with Crippen LogP contribution >= 0.6 is 11.8 Å². The summed E-state index contributed by atoms with van der Waals surface area (Å²) in [6.07, 6.45) is 1.59. The third-order valence-electron chi connectivity index (χ3n) is 3.95. The normalized spacial score (nSPS) is 10.9. The molecule has 0 atom stereocenters. The topological polar surface area (TPSA) is 70.2 Å². The highest BCUT2D eigenvalue weighted by atomic mass is 32.2. The highest BCUT2D eigenvalue weighted by molar-refractivity contribution is 7.99. The number of nitrogens with zero attached hydrogens (tertiary/aromatic N) is 3. The number of aromatic nitrogens is 3. The lowest BCUT2D eigenvalue weighted by Crippen LogP contribution is -2.07. The standard InChI is InChI=1S/C18H19N3O3S/c1-11-9-16(23-4)12(2)8-13(11)14(22)10-25-18-20-19-17(21(18)3)15-6-5-7-24-15/h5-9H,10H2,1-4H3. The quantitative estimate of drug-likeness (QED) is 0.495. The Hall–Kier alpha value is -2.54. The van der Waals surface area contributed by atoms with Crippen molar-refractivity contribution in [3.8, 4) is 17.3 Å². The summed E-state index contributed by atoms with van der Waals surface area (Å²) in [5.41, 5.74) is 2.56. The Balaban J connectivity index is 1.74. The van der Waals surface area contributed by atoms with E-state index in [2.05, 4.69) is 10.2 Å². The largest absolute Gasteiger partial charge is 0.496 e. The van der Waals surface area contributed by atoms with Crippen LogP contribution in [0, 0.1) is 13.8 Å². The molecule has 0 aliphatic carbocycles. The van der Waals surface area contributed by atoms with Crippen molar-refractivity contribution in [2.24, 2.45) is 7.05 Å². The molecule has 0 fully saturated rings. The molecule has 130 valence electrons. The van der Waals surface area contributed by atoms with Crippen LogP contribution in [0.25, 0.3) is 11.6 Å². The van der Waals surface area contributed by atoms with E-state index in [9.17, 15) is 4.79 Å². The van der Waals surface area contributed by atoms with Gasteiger partial charge in [-0.25, -0.2) is 0 Å². The van der Waals surface area contributed by atoms with Gasteiger partial charge in [-0.2, -0.15) is 0 Å². The number of ketones is 1. The zero-order valence-electron chi connectivity index (χ0n) is 14.6. The van der Waals surface area contributed by atoms with Crippen molar-refractivity contribution in [3.63, 3.8) is 0 Å². The summed E-state index contributed by atoms with van der Waals surface area (Å²) >= 11 is 1.36. The Morgan fingerprint density at radius 1 is 1.28 bits per heavy atom. The molecule has 0 amide bonds. The Bertz CT molecular complexity index is 901. The van der Waals surface area contributed by atoms with E-state index in [1.54, 1.807) is 19.4 Å². The number of aryl methyl sites for hydroxylation is 2. The van der Waals surface area contributed by atoms with Crippen LogP contribution in [0.1, 0.15) is 21.5 Å². The number of methoxy groups -OCH3 is 1. The van der Waals surface area contributed by atoms with Gasteiger partial charge in [0.25, 0.3) is 0 Å². The monoisotopic (exact) mass is 357 g/mol. The average Bonchev–Trinajstić information content (AvgIpc) is 3.24. The highest BCUT2D eigenvalue weighted by Gasteiger charge is 2.17. The van der Waals surface area contributed by atoms with Crippen molar-refractivity contribution in [1.29, 1.82) is 0 Å². The first-order chi connectivity index (χ1) is 12.0. The maximum atomic E-state index is 12.6. The molecule has 3 aromatic rings. The first kappa shape index (κ1) is 17.3. The number of rotatable bonds is 6. The molecule has 0 aliphatic heterocycles. The molecular formula is C18H19N3O3S. The number of benzene rings is 1. The average molecular weight is 357 g/mol. The molecule has 2 aromatic heterocycles. The van der Waals surface area contributed by atoms with Gasteiger partial charge in [-0.15, -0.1) is 10.2 Å². The predicted octanol–water partition coefficient (Wildman–Crippen LogP) is 3.68. The van der Waals surface area contributed by atoms with E-state index >= 15 is 0 Å². The second-order valence-corrected chi connectivity index (χ2v) is 6.63. The molecule has 0 bridgehead atoms. The summed E-state index contributed by atoms with van der Waals surface area (Å²) < 4.78 is 12.5. The van der Waals surface area contributed by atoms with Crippen molar-refractivity contribution in [2.45, 2.75) is 19.0 Å². The second kappa shape index (κ2) is 7.14. The van der Waals surface area contributed by atoms with Crippen LogP contribution in [0.5, 0.6) is 5.75 Å². The van der Waals surface area contributed by atoms with Crippen molar-refractivity contribution in [1.82, 2.24) is 14.8 Å². The summed E-state index contributed by atoms with van der Waals surface area (Å²) in [5, 5.41) is 8.95. The molecule has 6 nitrogen and oxygen atoms in total. The summed E-state index contributed by atoms with van der Waals surface area (Å²) in [6, 6.07) is 7.40. The molecular weight excluding hydrogens is 338 g/mol. The van der Waals surface area contributed by atoms with Gasteiger partial charge in [-0.3, -0.25) is 4.79 Å². The van der Waals surface area contributed by atoms with Crippen LogP contribution in [0.4, 0.5) is 0 Å². The fourth-order valence-electron chi connectivity index (χ4n) is 2.58. The fraction of sp³-hybridized carbons (Fsp3) is 0.278. The van der Waals surface area contributed by atoms with Crippen LogP contribution in [0.2, 0.25) is 0 Å². The molecule has 0 spiro atoms. The molecule has 2 heterocycles. The van der Waals surface area contributed by atoms with Gasteiger partial charge in [0.05, 0.1) is 19.1 Å². The SMILES string of the molecule is COc1cc(C)c(C(=O)CSc2nnc(-c3ccco3)n2C)cc1C. The van der Waals surface area contributed by atoms with E-state index in [1.807, 2.05) is 43.7 Å². The van der Waals surface area contributed by atoms with Gasteiger partial charge in [-0.1, -0.05) is 11.8 Å². The predicted molar refractivity (Wildman–Crippen MR) is 96.2 cm³/mol. The van der Waals surface area contributed by atoms with Gasteiger partial charge in [0, 0.05) is 12.6 Å². The van der Waals surface area contributed by atoms with E-state index in [0.717, 1.165) is 16.9 Å². The second-order valence-electron chi connectivity index (χ2n) is 5.69. The van der Waals surface area contributed by atoms with Gasteiger partial charge >= 0.3 is 0 Å². The number of thioether (sulfide) groups is 1. The van der Waals surface area contributed by atoms with E-state index < -0.39 is 0 Å². The van der Waals surface area contributed by atoms with Crippen molar-refractivity contribution >= 4 is 17.5 Å². The Kier molecular flexibility index (Phi) is 4.94. The summed E-state index contributed by atoms with van der Waals surface area (Å²) in [4.78, 5) is 12.6. The van der Waals surface area contributed by atoms with Crippen LogP contribution in [0.3, 0.4) is 0 Å². The maximum Gasteiger partial charge on any atom is 0.200 e. The van der Waals surface area contributed by atoms with Gasteiger partial charge in [0.2, 0.25) is 0 Å². The molecule has 0 aliphatic rings. The van der Waals surface area contributed by atoms with Crippen LogP contribution in [-0.4, -0.2) is 33.4 Å². The lowest BCUT2D eigenvalue weighted by molar-refractivity contribution is 0.102. The number of hydrogen-bond acceptors (Lipinski definition) is 6. The number of ether oxygens (including phenoxy) is 1. The fourth-order valence-corrected chi connectivity index (χ4v) is 3.37. The van der Waals surface area contributed by atoms with Crippen LogP contribution in [0.15, 0.2) is 40.1 Å². The minimum Gasteiger partial charge on any atom is -0.496 e. The third kappa shape index (κ3) is 3.46. The van der Waals surface area contributed by atoms with E-state index in [0.29, 0.717) is 22.3 Å². The van der Waals surface area contributed by atoms with E-state index in [-0.39, 0.29) is 11.5 Å². The number of carbonyl (C=O) groups is 1. The lowest BCUT2D eigenvalue weighted by atomic mass is 10.0. The smallest absolute Gasteiger partial charge is 0.200 e. The zero-order chi connectivity index (χ0) is 18.0. The number of Topliss-reactive ketones (excluding diaryl/α,β-unsaturated/α-hetero) is 1. The molecule has 0 N–H and O–H groups in total. The molecule has 0 saturated carbocycles. The summed E-state index contributed by atoms with van der Waals surface area (Å²) in [7, 11) is 3.48. The first-order valence-corrected chi connectivity index (χ1v) is 8.74. The van der Waals surface area contributed by atoms with Crippen molar-refractivity contribution < 1.29 is 13.9 Å². The lowest BCUT2D eigenvalue weighted by Gasteiger charge is -2.10. The first-order valence-electron chi connectivity index (χ1n) is 7.75. The van der Waals surface area contributed by atoms with Gasteiger partial charge < -0.3 is 13.7 Å². The molecule has 0 radical (unpaired) electrons. The van der Waals surface area contributed by atoms with Crippen molar-refractivity contribution in [3.05, 3.63) is 47.2 Å². The Labute approximate surface area is 150 Å². The summed E-state index contributed by atoms with van der Waals surface area (Å²) in [5.74, 6) is 2.41. The molecule has 0 unspecified atom stereocenters. The van der Waals surface area contributed by atoms with Gasteiger partial charge in [0.1, 0.15) is 5.75 Å². The molecule has 1 aromatic carbocycles. The Morgan fingerprint density at radius 3 is 2.76 bits per heavy atom. The van der Waals surface area contributed by atoms with E-state index in [4.69, 9.17) is 9.15 Å². The minimum atomic E-state index is 0.0517. The third-order valence-corrected chi connectivity index (χ3v) is 4.97. The minimum absolute atomic E-state index is 0.0517.